The zero-order valence-electron chi connectivity index (χ0n) is 10.4. The highest BCUT2D eigenvalue weighted by atomic mass is 35.5. The summed E-state index contributed by atoms with van der Waals surface area (Å²) in [4.78, 5) is 3.71. The molecule has 0 amide bonds. The molecule has 0 aromatic carbocycles. The molecule has 0 radical (unpaired) electrons. The molecule has 3 nitrogen and oxygen atoms in total. The molecule has 2 N–H and O–H groups in total. The molecule has 2 atom stereocenters. The quantitative estimate of drug-likeness (QED) is 0.463. The van der Waals surface area contributed by atoms with E-state index in [1.54, 1.807) is 0 Å². The molecule has 0 aliphatic carbocycles. The first-order valence-corrected chi connectivity index (χ1v) is 5.99. The van der Waals surface area contributed by atoms with E-state index >= 15 is 0 Å². The number of nitrogens with one attached hydrogen (secondary N) is 2. The average Bonchev–Trinajstić information content (AvgIpc) is 2.21. The van der Waals surface area contributed by atoms with Gasteiger partial charge in [0.1, 0.15) is 5.82 Å². The molecule has 1 unspecified atom stereocenters. The summed E-state index contributed by atoms with van der Waals surface area (Å²) in [5, 5.41) is 5.88. The van der Waals surface area contributed by atoms with Gasteiger partial charge >= 0.3 is 0 Å². The summed E-state index contributed by atoms with van der Waals surface area (Å²) in [5.41, 5.74) is -0.638. The lowest BCUT2D eigenvalue weighted by molar-refractivity contribution is 0.277. The van der Waals surface area contributed by atoms with Crippen molar-refractivity contribution < 1.29 is 4.39 Å². The van der Waals surface area contributed by atoms with Crippen molar-refractivity contribution >= 4 is 17.8 Å². The molecular formula is C12H19ClFN3. The van der Waals surface area contributed by atoms with Crippen LogP contribution < -0.4 is 10.6 Å². The highest BCUT2D eigenvalue weighted by molar-refractivity contribution is 6.21. The summed E-state index contributed by atoms with van der Waals surface area (Å²) in [5.74, 6) is -0.137. The van der Waals surface area contributed by atoms with Gasteiger partial charge in [-0.05, 0) is 11.8 Å². The van der Waals surface area contributed by atoms with E-state index in [-0.39, 0.29) is 11.5 Å². The van der Waals surface area contributed by atoms with E-state index in [0.717, 1.165) is 12.6 Å². The van der Waals surface area contributed by atoms with E-state index in [9.17, 15) is 4.39 Å². The van der Waals surface area contributed by atoms with E-state index in [2.05, 4.69) is 43.0 Å². The van der Waals surface area contributed by atoms with Gasteiger partial charge in [0.05, 0.1) is 6.21 Å². The second kappa shape index (κ2) is 5.54. The molecule has 0 aromatic heterocycles. The van der Waals surface area contributed by atoms with Crippen LogP contribution in [-0.2, 0) is 0 Å². The highest BCUT2D eigenvalue weighted by Gasteiger charge is 2.26. The second-order valence-corrected chi connectivity index (χ2v) is 5.48. The van der Waals surface area contributed by atoms with Crippen LogP contribution in [0.4, 0.5) is 4.39 Å². The summed E-state index contributed by atoms with van der Waals surface area (Å²) in [6, 6.07) is 0.0728. The van der Waals surface area contributed by atoms with Gasteiger partial charge in [-0.1, -0.05) is 38.4 Å². The number of alkyl halides is 1. The Hall–Kier alpha value is -1.03. The van der Waals surface area contributed by atoms with Crippen LogP contribution in [0.1, 0.15) is 27.2 Å². The molecule has 0 spiro atoms. The number of hydrogen-bond acceptors (Lipinski definition) is 3. The van der Waals surface area contributed by atoms with Crippen LogP contribution in [0, 0.1) is 5.41 Å². The van der Waals surface area contributed by atoms with Crippen molar-refractivity contribution in [2.24, 2.45) is 10.4 Å². The Bertz CT molecular complexity index is 344. The maximum Gasteiger partial charge on any atom is 0.196 e. The predicted molar refractivity (Wildman–Crippen MR) is 70.6 cm³/mol. The van der Waals surface area contributed by atoms with E-state index in [0.29, 0.717) is 5.82 Å². The van der Waals surface area contributed by atoms with Gasteiger partial charge in [-0.2, -0.15) is 0 Å². The maximum atomic E-state index is 13.5. The fourth-order valence-electron chi connectivity index (χ4n) is 1.50. The lowest BCUT2D eigenvalue weighted by Gasteiger charge is -2.33. The zero-order chi connectivity index (χ0) is 13.1. The summed E-state index contributed by atoms with van der Waals surface area (Å²) in [6.07, 6.45) is 3.69. The van der Waals surface area contributed by atoms with Gasteiger partial charge < -0.3 is 10.6 Å². The van der Waals surface area contributed by atoms with Crippen molar-refractivity contribution in [1.29, 1.82) is 0 Å². The lowest BCUT2D eigenvalue weighted by Crippen LogP contribution is -2.45. The number of hydrogen-bond donors (Lipinski definition) is 2. The van der Waals surface area contributed by atoms with Gasteiger partial charge in [0.25, 0.3) is 0 Å². The second-order valence-electron chi connectivity index (χ2n) is 5.07. The average molecular weight is 260 g/mol. The minimum absolute atomic E-state index is 0.0143. The SMILES string of the molecule is C=CC[C@@H](NC1=C(F)C=NC(Cl)N1)C(C)(C)C. The fourth-order valence-corrected chi connectivity index (χ4v) is 1.67. The van der Waals surface area contributed by atoms with Crippen molar-refractivity contribution in [2.45, 2.75) is 38.9 Å². The number of halogens is 2. The Kier molecular flexibility index (Phi) is 4.57. The van der Waals surface area contributed by atoms with Crippen molar-refractivity contribution in [1.82, 2.24) is 10.6 Å². The van der Waals surface area contributed by atoms with Gasteiger partial charge in [-0.15, -0.1) is 6.58 Å². The molecular weight excluding hydrogens is 241 g/mol. The topological polar surface area (TPSA) is 36.4 Å². The third-order valence-corrected chi connectivity index (χ3v) is 2.81. The minimum atomic E-state index is -0.624. The zero-order valence-corrected chi connectivity index (χ0v) is 11.2. The number of rotatable bonds is 4. The number of allylic oxidation sites excluding steroid dienone is 1. The smallest absolute Gasteiger partial charge is 0.196 e. The van der Waals surface area contributed by atoms with Gasteiger partial charge in [-0.25, -0.2) is 9.38 Å². The largest absolute Gasteiger partial charge is 0.366 e. The molecule has 5 heteroatoms. The Morgan fingerprint density at radius 3 is 2.88 bits per heavy atom. The summed E-state index contributed by atoms with van der Waals surface area (Å²) in [7, 11) is 0. The van der Waals surface area contributed by atoms with Crippen molar-refractivity contribution in [2.75, 3.05) is 0 Å². The predicted octanol–water partition coefficient (Wildman–Crippen LogP) is 2.90. The molecule has 0 fully saturated rings. The van der Waals surface area contributed by atoms with E-state index in [1.807, 2.05) is 6.08 Å². The van der Waals surface area contributed by atoms with Gasteiger partial charge in [0.15, 0.2) is 11.5 Å². The molecule has 0 bridgehead atoms. The summed E-state index contributed by atoms with van der Waals surface area (Å²) in [6.45, 7) is 9.97. The molecule has 0 saturated carbocycles. The van der Waals surface area contributed by atoms with Crippen LogP contribution in [0.15, 0.2) is 29.3 Å². The molecule has 0 aromatic rings. The Morgan fingerprint density at radius 2 is 2.35 bits per heavy atom. The summed E-state index contributed by atoms with van der Waals surface area (Å²) < 4.78 is 13.5. The van der Waals surface area contributed by atoms with Crippen LogP contribution in [0.5, 0.6) is 0 Å². The van der Waals surface area contributed by atoms with E-state index in [4.69, 9.17) is 11.6 Å². The van der Waals surface area contributed by atoms with Gasteiger partial charge in [-0.3, -0.25) is 0 Å². The van der Waals surface area contributed by atoms with E-state index < -0.39 is 11.5 Å². The molecule has 96 valence electrons. The molecule has 1 aliphatic heterocycles. The first-order chi connectivity index (χ1) is 7.84. The monoisotopic (exact) mass is 259 g/mol. The standard InChI is InChI=1S/C12H19ClFN3/c1-5-6-9(12(2,3)4)16-10-8(14)7-15-11(13)17-10/h5,7,9,11,16-17H,1,6H2,2-4H3/t9-,11?/m1/s1. The Balaban J connectivity index is 2.80. The maximum absolute atomic E-state index is 13.5. The van der Waals surface area contributed by atoms with Gasteiger partial charge in [0.2, 0.25) is 0 Å². The number of aliphatic imine (C=N–C) groups is 1. The highest BCUT2D eigenvalue weighted by Crippen LogP contribution is 2.23. The van der Waals surface area contributed by atoms with Crippen LogP contribution in [0.25, 0.3) is 0 Å². The van der Waals surface area contributed by atoms with Crippen molar-refractivity contribution in [3.05, 3.63) is 24.3 Å². The molecule has 1 aliphatic rings. The Morgan fingerprint density at radius 1 is 1.71 bits per heavy atom. The Labute approximate surface area is 107 Å². The number of nitrogens with zero attached hydrogens (tertiary/aromatic N) is 1. The van der Waals surface area contributed by atoms with Crippen molar-refractivity contribution in [3.8, 4) is 0 Å². The van der Waals surface area contributed by atoms with Crippen molar-refractivity contribution in [3.63, 3.8) is 0 Å². The third-order valence-electron chi connectivity index (χ3n) is 2.59. The van der Waals surface area contributed by atoms with E-state index in [1.165, 1.54) is 0 Å². The molecule has 1 heterocycles. The first kappa shape index (κ1) is 14.0. The van der Waals surface area contributed by atoms with Crippen LogP contribution >= 0.6 is 11.6 Å². The first-order valence-electron chi connectivity index (χ1n) is 5.55. The molecule has 17 heavy (non-hydrogen) atoms. The fraction of sp³-hybridized carbons (Fsp3) is 0.583. The van der Waals surface area contributed by atoms with Crippen LogP contribution in [0.2, 0.25) is 0 Å². The summed E-state index contributed by atoms with van der Waals surface area (Å²) >= 11 is 5.78. The third kappa shape index (κ3) is 4.04. The van der Waals surface area contributed by atoms with Crippen LogP contribution in [0.3, 0.4) is 0 Å². The minimum Gasteiger partial charge on any atom is -0.366 e. The lowest BCUT2D eigenvalue weighted by atomic mass is 9.85. The molecule has 1 rings (SSSR count). The van der Waals surface area contributed by atoms with Crippen LogP contribution in [-0.4, -0.2) is 17.9 Å². The molecule has 0 saturated heterocycles. The normalized spacial score (nSPS) is 22.1. The van der Waals surface area contributed by atoms with Gasteiger partial charge in [0, 0.05) is 6.04 Å².